The Labute approximate surface area is 133 Å². The Morgan fingerprint density at radius 3 is 2.60 bits per heavy atom. The quantitative estimate of drug-likeness (QED) is 0.724. The summed E-state index contributed by atoms with van der Waals surface area (Å²) in [7, 11) is 0. The van der Waals surface area contributed by atoms with Crippen molar-refractivity contribution < 1.29 is 14.3 Å². The molecule has 1 aliphatic heterocycles. The second kappa shape index (κ2) is 5.76. The molecule has 0 radical (unpaired) electrons. The Balaban J connectivity index is 2.04. The molecule has 0 unspecified atom stereocenters. The maximum Gasteiger partial charge on any atom is 0.205 e. The highest BCUT2D eigenvalue weighted by atomic mass is 79.9. The van der Waals surface area contributed by atoms with E-state index in [2.05, 4.69) is 15.9 Å². The van der Waals surface area contributed by atoms with Gasteiger partial charge in [-0.25, -0.2) is 0 Å². The predicted molar refractivity (Wildman–Crippen MR) is 82.5 cm³/mol. The first-order chi connectivity index (χ1) is 9.66. The van der Waals surface area contributed by atoms with Crippen LogP contribution in [-0.2, 0) is 0 Å². The molecule has 0 atom stereocenters. The minimum atomic E-state index is -0.118. The van der Waals surface area contributed by atoms with Crippen LogP contribution in [0.15, 0.2) is 28.1 Å². The Morgan fingerprint density at radius 2 is 1.95 bits per heavy atom. The number of carbonyl (C=O) groups excluding carboxylic acids is 1. The molecular formula is C14H10BrClO3S. The average Bonchev–Trinajstić information content (AvgIpc) is 2.72. The zero-order valence-corrected chi connectivity index (χ0v) is 13.5. The topological polar surface area (TPSA) is 35.5 Å². The zero-order valence-electron chi connectivity index (χ0n) is 10.3. The lowest BCUT2D eigenvalue weighted by atomic mass is 10.1. The molecule has 3 rings (SSSR count). The zero-order chi connectivity index (χ0) is 14.1. The van der Waals surface area contributed by atoms with E-state index in [1.165, 1.54) is 11.3 Å². The van der Waals surface area contributed by atoms with Crippen molar-refractivity contribution in [1.82, 2.24) is 0 Å². The van der Waals surface area contributed by atoms with Crippen LogP contribution in [0.2, 0.25) is 5.02 Å². The van der Waals surface area contributed by atoms with E-state index in [1.54, 1.807) is 23.6 Å². The van der Waals surface area contributed by atoms with Crippen molar-refractivity contribution in [3.63, 3.8) is 0 Å². The summed E-state index contributed by atoms with van der Waals surface area (Å²) in [4.78, 5) is 13.0. The van der Waals surface area contributed by atoms with E-state index in [9.17, 15) is 4.79 Å². The predicted octanol–water partition coefficient (Wildman–Crippen LogP) is 4.56. The fourth-order valence-corrected chi connectivity index (χ4v) is 3.53. The lowest BCUT2D eigenvalue weighted by Crippen LogP contribution is -2.02. The third-order valence-corrected chi connectivity index (χ3v) is 4.90. The van der Waals surface area contributed by atoms with Gasteiger partial charge in [0.2, 0.25) is 5.78 Å². The molecule has 1 aromatic carbocycles. The summed E-state index contributed by atoms with van der Waals surface area (Å²) in [5.41, 5.74) is 0.526. The highest BCUT2D eigenvalue weighted by Crippen LogP contribution is 2.37. The first-order valence-electron chi connectivity index (χ1n) is 6.03. The molecular weight excluding hydrogens is 364 g/mol. The van der Waals surface area contributed by atoms with E-state index in [1.807, 2.05) is 0 Å². The lowest BCUT2D eigenvalue weighted by Gasteiger charge is -2.10. The molecule has 0 spiro atoms. The standard InChI is InChI=1S/C14H10BrClO3S/c15-9-7-12-11(18-3-1-4-19-12)6-8(9)13(17)14-10(16)2-5-20-14/h2,5-7H,1,3-4H2. The van der Waals surface area contributed by atoms with Crippen LogP contribution in [0.25, 0.3) is 0 Å². The van der Waals surface area contributed by atoms with Crippen LogP contribution in [0, 0.1) is 0 Å². The molecule has 1 aliphatic rings. The number of halogens is 2. The van der Waals surface area contributed by atoms with Crippen molar-refractivity contribution >= 4 is 44.7 Å². The fourth-order valence-electron chi connectivity index (χ4n) is 1.94. The van der Waals surface area contributed by atoms with Gasteiger partial charge in [0.1, 0.15) is 0 Å². The molecule has 3 nitrogen and oxygen atoms in total. The Morgan fingerprint density at radius 1 is 1.25 bits per heavy atom. The van der Waals surface area contributed by atoms with Gasteiger partial charge in [-0.1, -0.05) is 11.6 Å². The molecule has 0 bridgehead atoms. The van der Waals surface area contributed by atoms with Gasteiger partial charge in [0.15, 0.2) is 11.5 Å². The normalized spacial score (nSPS) is 13.9. The number of carbonyl (C=O) groups is 1. The summed E-state index contributed by atoms with van der Waals surface area (Å²) in [6.07, 6.45) is 0.826. The maximum absolute atomic E-state index is 12.5. The lowest BCUT2D eigenvalue weighted by molar-refractivity contribution is 0.104. The summed E-state index contributed by atoms with van der Waals surface area (Å²) in [5, 5.41) is 2.27. The molecule has 0 N–H and O–H groups in total. The van der Waals surface area contributed by atoms with Gasteiger partial charge < -0.3 is 9.47 Å². The Bertz CT molecular complexity index is 668. The van der Waals surface area contributed by atoms with Gasteiger partial charge in [0.05, 0.1) is 23.1 Å². The molecule has 0 fully saturated rings. The Hall–Kier alpha value is -1.04. The van der Waals surface area contributed by atoms with Crippen molar-refractivity contribution in [3.8, 4) is 11.5 Å². The molecule has 0 amide bonds. The maximum atomic E-state index is 12.5. The molecule has 0 saturated carbocycles. The molecule has 104 valence electrons. The number of benzene rings is 1. The number of ether oxygens (including phenoxy) is 2. The second-order valence-electron chi connectivity index (χ2n) is 4.26. The van der Waals surface area contributed by atoms with Crippen LogP contribution < -0.4 is 9.47 Å². The minimum absolute atomic E-state index is 0.118. The number of thiophene rings is 1. The van der Waals surface area contributed by atoms with E-state index < -0.39 is 0 Å². The first-order valence-corrected chi connectivity index (χ1v) is 8.08. The molecule has 20 heavy (non-hydrogen) atoms. The van der Waals surface area contributed by atoms with Crippen molar-refractivity contribution in [2.24, 2.45) is 0 Å². The van der Waals surface area contributed by atoms with Gasteiger partial charge >= 0.3 is 0 Å². The first kappa shape index (κ1) is 13.9. The number of hydrogen-bond acceptors (Lipinski definition) is 4. The summed E-state index contributed by atoms with van der Waals surface area (Å²) in [6.45, 7) is 1.20. The van der Waals surface area contributed by atoms with Gasteiger partial charge in [-0.05, 0) is 39.5 Å². The summed E-state index contributed by atoms with van der Waals surface area (Å²) in [5.74, 6) is 1.14. The van der Waals surface area contributed by atoms with Crippen molar-refractivity contribution in [2.75, 3.05) is 13.2 Å². The van der Waals surface area contributed by atoms with E-state index in [0.29, 0.717) is 44.6 Å². The monoisotopic (exact) mass is 372 g/mol. The number of hydrogen-bond donors (Lipinski definition) is 0. The van der Waals surface area contributed by atoms with Crippen LogP contribution in [-0.4, -0.2) is 19.0 Å². The van der Waals surface area contributed by atoms with E-state index >= 15 is 0 Å². The van der Waals surface area contributed by atoms with Crippen molar-refractivity contribution in [3.05, 3.63) is 43.5 Å². The van der Waals surface area contributed by atoms with Crippen molar-refractivity contribution in [2.45, 2.75) is 6.42 Å². The molecule has 1 aromatic heterocycles. The second-order valence-corrected chi connectivity index (χ2v) is 6.43. The molecule has 0 aliphatic carbocycles. The van der Waals surface area contributed by atoms with Gasteiger partial charge in [-0.2, -0.15) is 0 Å². The van der Waals surface area contributed by atoms with Gasteiger partial charge in [0, 0.05) is 16.5 Å². The highest BCUT2D eigenvalue weighted by Gasteiger charge is 2.21. The summed E-state index contributed by atoms with van der Waals surface area (Å²) >= 11 is 10.8. The van der Waals surface area contributed by atoms with E-state index in [0.717, 1.165) is 6.42 Å². The number of fused-ring (bicyclic) bond motifs is 1. The Kier molecular flexibility index (Phi) is 4.01. The van der Waals surface area contributed by atoms with Crippen LogP contribution >= 0.6 is 38.9 Å². The van der Waals surface area contributed by atoms with Crippen LogP contribution in [0.1, 0.15) is 21.7 Å². The summed E-state index contributed by atoms with van der Waals surface area (Å²) < 4.78 is 11.9. The van der Waals surface area contributed by atoms with Gasteiger partial charge in [-0.15, -0.1) is 11.3 Å². The van der Waals surface area contributed by atoms with Gasteiger partial charge in [-0.3, -0.25) is 4.79 Å². The fraction of sp³-hybridized carbons (Fsp3) is 0.214. The molecule has 0 saturated heterocycles. The largest absolute Gasteiger partial charge is 0.490 e. The van der Waals surface area contributed by atoms with Crippen LogP contribution in [0.3, 0.4) is 0 Å². The number of ketones is 1. The summed E-state index contributed by atoms with van der Waals surface area (Å²) in [6, 6.07) is 5.20. The molecule has 6 heteroatoms. The SMILES string of the molecule is O=C(c1cc2c(cc1Br)OCCCO2)c1sccc1Cl. The minimum Gasteiger partial charge on any atom is -0.490 e. The van der Waals surface area contributed by atoms with Crippen molar-refractivity contribution in [1.29, 1.82) is 0 Å². The third-order valence-electron chi connectivity index (χ3n) is 2.91. The van der Waals surface area contributed by atoms with E-state index in [-0.39, 0.29) is 5.78 Å². The smallest absolute Gasteiger partial charge is 0.205 e. The van der Waals surface area contributed by atoms with Crippen LogP contribution in [0.4, 0.5) is 0 Å². The van der Waals surface area contributed by atoms with E-state index in [4.69, 9.17) is 21.1 Å². The highest BCUT2D eigenvalue weighted by molar-refractivity contribution is 9.10. The van der Waals surface area contributed by atoms with Gasteiger partial charge in [0.25, 0.3) is 0 Å². The molecule has 2 heterocycles. The number of rotatable bonds is 2. The average molecular weight is 374 g/mol. The van der Waals surface area contributed by atoms with Crippen LogP contribution in [0.5, 0.6) is 11.5 Å². The molecule has 2 aromatic rings. The third kappa shape index (κ3) is 2.57.